The van der Waals surface area contributed by atoms with E-state index < -0.39 is 9.84 Å². The van der Waals surface area contributed by atoms with Crippen molar-refractivity contribution in [3.05, 3.63) is 46.4 Å². The normalized spacial score (nSPS) is 14.5. The van der Waals surface area contributed by atoms with Gasteiger partial charge in [-0.15, -0.1) is 0 Å². The van der Waals surface area contributed by atoms with Crippen LogP contribution in [0.1, 0.15) is 25.3 Å². The summed E-state index contributed by atoms with van der Waals surface area (Å²) in [7, 11) is -1.58. The molecule has 1 heterocycles. The SMILES string of the molecule is CCS(=O)(=O)c1ccc(NCC2CC2)c(-c2cc(C)c(=O)n(C)c2)c1. The van der Waals surface area contributed by atoms with Gasteiger partial charge in [0.1, 0.15) is 0 Å². The van der Waals surface area contributed by atoms with E-state index in [2.05, 4.69) is 5.32 Å². The Morgan fingerprint density at radius 3 is 2.56 bits per heavy atom. The molecular formula is C19H24N2O3S. The molecule has 3 rings (SSSR count). The van der Waals surface area contributed by atoms with Gasteiger partial charge < -0.3 is 9.88 Å². The lowest BCUT2D eigenvalue weighted by Gasteiger charge is -2.15. The largest absolute Gasteiger partial charge is 0.384 e. The zero-order chi connectivity index (χ0) is 18.2. The maximum atomic E-state index is 12.3. The first-order chi connectivity index (χ1) is 11.8. The number of hydrogen-bond donors (Lipinski definition) is 1. The van der Waals surface area contributed by atoms with Crippen molar-refractivity contribution in [1.29, 1.82) is 0 Å². The predicted molar refractivity (Wildman–Crippen MR) is 101 cm³/mol. The Bertz CT molecular complexity index is 931. The Morgan fingerprint density at radius 1 is 1.24 bits per heavy atom. The first kappa shape index (κ1) is 17.7. The van der Waals surface area contributed by atoms with Crippen LogP contribution in [-0.2, 0) is 16.9 Å². The quantitative estimate of drug-likeness (QED) is 0.860. The molecule has 0 radical (unpaired) electrons. The number of anilines is 1. The molecule has 2 aromatic rings. The van der Waals surface area contributed by atoms with Gasteiger partial charge in [0.05, 0.1) is 10.6 Å². The molecule has 25 heavy (non-hydrogen) atoms. The second kappa shape index (κ2) is 6.67. The van der Waals surface area contributed by atoms with Crippen LogP contribution in [0, 0.1) is 12.8 Å². The first-order valence-corrected chi connectivity index (χ1v) is 10.3. The third-order valence-corrected chi connectivity index (χ3v) is 6.41. The molecule has 0 amide bonds. The summed E-state index contributed by atoms with van der Waals surface area (Å²) in [4.78, 5) is 12.3. The fourth-order valence-electron chi connectivity index (χ4n) is 2.88. The minimum Gasteiger partial charge on any atom is -0.384 e. The molecule has 5 nitrogen and oxygen atoms in total. The lowest BCUT2D eigenvalue weighted by atomic mass is 10.0. The van der Waals surface area contributed by atoms with Crippen molar-refractivity contribution in [2.45, 2.75) is 31.6 Å². The van der Waals surface area contributed by atoms with E-state index in [4.69, 9.17) is 0 Å². The van der Waals surface area contributed by atoms with E-state index in [1.54, 1.807) is 39.2 Å². The molecule has 1 aromatic carbocycles. The second-order valence-electron chi connectivity index (χ2n) is 6.76. The highest BCUT2D eigenvalue weighted by Crippen LogP contribution is 2.33. The molecule has 1 aliphatic rings. The fraction of sp³-hybridized carbons (Fsp3) is 0.421. The van der Waals surface area contributed by atoms with Crippen LogP contribution in [0.25, 0.3) is 11.1 Å². The third-order valence-electron chi connectivity index (χ3n) is 4.68. The average Bonchev–Trinajstić information content (AvgIpc) is 3.41. The number of pyridine rings is 1. The van der Waals surface area contributed by atoms with Gasteiger partial charge in [0.15, 0.2) is 9.84 Å². The van der Waals surface area contributed by atoms with Gasteiger partial charge in [0, 0.05) is 42.2 Å². The number of benzene rings is 1. The average molecular weight is 360 g/mol. The number of rotatable bonds is 6. The molecule has 0 atom stereocenters. The van der Waals surface area contributed by atoms with Crippen molar-refractivity contribution in [3.63, 3.8) is 0 Å². The van der Waals surface area contributed by atoms with Crippen LogP contribution in [0.4, 0.5) is 5.69 Å². The van der Waals surface area contributed by atoms with E-state index in [1.165, 1.54) is 17.4 Å². The van der Waals surface area contributed by atoms with E-state index >= 15 is 0 Å². The van der Waals surface area contributed by atoms with Crippen LogP contribution in [-0.4, -0.2) is 25.3 Å². The van der Waals surface area contributed by atoms with Gasteiger partial charge in [0.2, 0.25) is 0 Å². The van der Waals surface area contributed by atoms with E-state index in [-0.39, 0.29) is 11.3 Å². The number of sulfone groups is 1. The Hall–Kier alpha value is -2.08. The van der Waals surface area contributed by atoms with E-state index in [0.717, 1.165) is 23.4 Å². The van der Waals surface area contributed by atoms with Crippen molar-refractivity contribution >= 4 is 15.5 Å². The number of nitrogens with zero attached hydrogens (tertiary/aromatic N) is 1. The van der Waals surface area contributed by atoms with Gasteiger partial charge >= 0.3 is 0 Å². The summed E-state index contributed by atoms with van der Waals surface area (Å²) in [5, 5.41) is 3.44. The van der Waals surface area contributed by atoms with Gasteiger partial charge in [0.25, 0.3) is 5.56 Å². The summed E-state index contributed by atoms with van der Waals surface area (Å²) < 4.78 is 26.1. The maximum Gasteiger partial charge on any atom is 0.253 e. The zero-order valence-electron chi connectivity index (χ0n) is 14.9. The summed E-state index contributed by atoms with van der Waals surface area (Å²) in [5.74, 6) is 0.766. The van der Waals surface area contributed by atoms with Gasteiger partial charge in [-0.3, -0.25) is 4.79 Å². The molecule has 1 aliphatic carbocycles. The zero-order valence-corrected chi connectivity index (χ0v) is 15.7. The lowest BCUT2D eigenvalue weighted by Crippen LogP contribution is -2.18. The summed E-state index contributed by atoms with van der Waals surface area (Å²) in [6.45, 7) is 4.30. The third kappa shape index (κ3) is 3.79. The van der Waals surface area contributed by atoms with Gasteiger partial charge in [-0.1, -0.05) is 6.92 Å². The smallest absolute Gasteiger partial charge is 0.253 e. The predicted octanol–water partition coefficient (Wildman–Crippen LogP) is 2.98. The molecular weight excluding hydrogens is 336 g/mol. The Morgan fingerprint density at radius 2 is 1.96 bits per heavy atom. The van der Waals surface area contributed by atoms with Crippen LogP contribution in [0.15, 0.2) is 40.2 Å². The summed E-state index contributed by atoms with van der Waals surface area (Å²) in [6.07, 6.45) is 4.24. The minimum absolute atomic E-state index is 0.0476. The lowest BCUT2D eigenvalue weighted by molar-refractivity contribution is 0.597. The standard InChI is InChI=1S/C19H24N2O3S/c1-4-25(23,24)16-7-8-18(20-11-14-5-6-14)17(10-16)15-9-13(2)19(22)21(3)12-15/h7-10,12,14,20H,4-6,11H2,1-3H3. The van der Waals surface area contributed by atoms with Crippen LogP contribution in [0.3, 0.4) is 0 Å². The highest BCUT2D eigenvalue weighted by molar-refractivity contribution is 7.91. The molecule has 1 fully saturated rings. The van der Waals surface area contributed by atoms with Crippen LogP contribution in [0.5, 0.6) is 0 Å². The topological polar surface area (TPSA) is 68.2 Å². The molecule has 0 spiro atoms. The van der Waals surface area contributed by atoms with Crippen molar-refractivity contribution in [1.82, 2.24) is 4.57 Å². The highest BCUT2D eigenvalue weighted by Gasteiger charge is 2.22. The number of hydrogen-bond acceptors (Lipinski definition) is 4. The van der Waals surface area contributed by atoms with Crippen molar-refractivity contribution in [2.24, 2.45) is 13.0 Å². The molecule has 1 N–H and O–H groups in total. The number of nitrogens with one attached hydrogen (secondary N) is 1. The van der Waals surface area contributed by atoms with Crippen molar-refractivity contribution < 1.29 is 8.42 Å². The van der Waals surface area contributed by atoms with E-state index in [0.29, 0.717) is 16.4 Å². The number of aromatic nitrogens is 1. The molecule has 0 saturated heterocycles. The molecule has 1 aromatic heterocycles. The Balaban J connectivity index is 2.12. The first-order valence-electron chi connectivity index (χ1n) is 8.60. The summed E-state index contributed by atoms with van der Waals surface area (Å²) >= 11 is 0. The number of aryl methyl sites for hydroxylation is 2. The van der Waals surface area contributed by atoms with Crippen LogP contribution in [0.2, 0.25) is 0 Å². The molecule has 0 bridgehead atoms. The summed E-state index contributed by atoms with van der Waals surface area (Å²) in [5.41, 5.74) is 3.14. The fourth-order valence-corrected chi connectivity index (χ4v) is 3.78. The van der Waals surface area contributed by atoms with Gasteiger partial charge in [-0.05, 0) is 49.9 Å². The van der Waals surface area contributed by atoms with Crippen LogP contribution >= 0.6 is 0 Å². The minimum atomic E-state index is -3.29. The van der Waals surface area contributed by atoms with Crippen molar-refractivity contribution in [3.8, 4) is 11.1 Å². The van der Waals surface area contributed by atoms with E-state index in [1.807, 2.05) is 12.1 Å². The van der Waals surface area contributed by atoms with Crippen LogP contribution < -0.4 is 10.9 Å². The van der Waals surface area contributed by atoms with Gasteiger partial charge in [-0.2, -0.15) is 0 Å². The monoisotopic (exact) mass is 360 g/mol. The van der Waals surface area contributed by atoms with Crippen molar-refractivity contribution in [2.75, 3.05) is 17.6 Å². The van der Waals surface area contributed by atoms with Gasteiger partial charge in [-0.25, -0.2) is 8.42 Å². The summed E-state index contributed by atoms with van der Waals surface area (Å²) in [6, 6.07) is 7.03. The van der Waals surface area contributed by atoms with E-state index in [9.17, 15) is 13.2 Å². The Kier molecular flexibility index (Phi) is 4.73. The Labute approximate surface area is 148 Å². The molecule has 6 heteroatoms. The maximum absolute atomic E-state index is 12.3. The molecule has 0 unspecified atom stereocenters. The molecule has 134 valence electrons. The molecule has 0 aliphatic heterocycles. The second-order valence-corrected chi connectivity index (χ2v) is 9.04. The highest BCUT2D eigenvalue weighted by atomic mass is 32.2. The molecule has 1 saturated carbocycles.